The summed E-state index contributed by atoms with van der Waals surface area (Å²) in [7, 11) is 0. The summed E-state index contributed by atoms with van der Waals surface area (Å²) < 4.78 is 0. The lowest BCUT2D eigenvalue weighted by Crippen LogP contribution is -2.24. The molecule has 0 aliphatic rings. The monoisotopic (exact) mass is 231 g/mol. The number of aryl methyl sites for hydroxylation is 1. The van der Waals surface area contributed by atoms with Crippen molar-refractivity contribution >= 4 is 28.8 Å². The summed E-state index contributed by atoms with van der Waals surface area (Å²) in [6.07, 6.45) is 0.803. The number of halogens is 1. The summed E-state index contributed by atoms with van der Waals surface area (Å²) in [6.45, 7) is 4.55. The Balaban J connectivity index is 2.36. The number of nitrogens with one attached hydrogen (secondary N) is 1. The molecule has 78 valence electrons. The van der Waals surface area contributed by atoms with Gasteiger partial charge in [-0.15, -0.1) is 22.9 Å². The molecule has 1 heterocycles. The number of hydrogen-bond donors (Lipinski definition) is 1. The molecular weight excluding hydrogens is 218 g/mol. The van der Waals surface area contributed by atoms with E-state index >= 15 is 0 Å². The number of rotatable bonds is 4. The second kappa shape index (κ2) is 5.37. The summed E-state index contributed by atoms with van der Waals surface area (Å²) in [5.41, 5.74) is 0. The minimum absolute atomic E-state index is 0.000386. The summed E-state index contributed by atoms with van der Waals surface area (Å²) in [4.78, 5) is 13.4. The van der Waals surface area contributed by atoms with Gasteiger partial charge in [-0.2, -0.15) is 0 Å². The maximum Gasteiger partial charge on any atom is 0.261 e. The van der Waals surface area contributed by atoms with E-state index in [1.165, 1.54) is 11.3 Å². The molecule has 1 amide bonds. The summed E-state index contributed by atoms with van der Waals surface area (Å²) >= 11 is 7.27. The Bertz CT molecular complexity index is 309. The molecule has 1 N–H and O–H groups in total. The van der Waals surface area contributed by atoms with Crippen molar-refractivity contribution in [2.24, 2.45) is 0 Å². The van der Waals surface area contributed by atoms with Gasteiger partial charge in [-0.3, -0.25) is 4.79 Å². The summed E-state index contributed by atoms with van der Waals surface area (Å²) in [5.74, 6) is 0.000386. The van der Waals surface area contributed by atoms with Crippen molar-refractivity contribution in [2.45, 2.75) is 25.6 Å². The van der Waals surface area contributed by atoms with Gasteiger partial charge in [0.25, 0.3) is 5.91 Å². The molecule has 0 aliphatic heterocycles. The Morgan fingerprint density at radius 2 is 2.36 bits per heavy atom. The highest BCUT2D eigenvalue weighted by molar-refractivity contribution is 7.13. The molecule has 0 fully saturated rings. The Morgan fingerprint density at radius 1 is 1.64 bits per heavy atom. The molecule has 2 nitrogen and oxygen atoms in total. The average molecular weight is 232 g/mol. The minimum atomic E-state index is 0.000386. The molecule has 1 aromatic heterocycles. The third kappa shape index (κ3) is 3.68. The maximum atomic E-state index is 11.5. The molecule has 0 radical (unpaired) electrons. The van der Waals surface area contributed by atoms with E-state index in [1.807, 2.05) is 26.0 Å². The molecule has 1 aromatic rings. The van der Waals surface area contributed by atoms with Gasteiger partial charge in [0.15, 0.2) is 0 Å². The van der Waals surface area contributed by atoms with E-state index in [9.17, 15) is 4.79 Å². The van der Waals surface area contributed by atoms with Crippen LogP contribution < -0.4 is 5.32 Å². The summed E-state index contributed by atoms with van der Waals surface area (Å²) in [6, 6.07) is 3.79. The highest BCUT2D eigenvalue weighted by atomic mass is 35.5. The Hall–Kier alpha value is -0.540. The molecule has 14 heavy (non-hydrogen) atoms. The van der Waals surface area contributed by atoms with E-state index in [4.69, 9.17) is 11.6 Å². The van der Waals surface area contributed by atoms with Gasteiger partial charge in [-0.05, 0) is 32.4 Å². The molecule has 1 atom stereocenters. The third-order valence-corrected chi connectivity index (χ3v) is 3.01. The average Bonchev–Trinajstić information content (AvgIpc) is 2.51. The number of carbonyl (C=O) groups excluding carboxylic acids is 1. The van der Waals surface area contributed by atoms with E-state index in [1.54, 1.807) is 0 Å². The Kier molecular flexibility index (Phi) is 4.42. The molecule has 0 aliphatic carbocycles. The zero-order chi connectivity index (χ0) is 10.6. The third-order valence-electron chi connectivity index (χ3n) is 1.79. The van der Waals surface area contributed by atoms with Crippen LogP contribution in [-0.4, -0.2) is 17.8 Å². The molecule has 0 bridgehead atoms. The first-order valence-electron chi connectivity index (χ1n) is 4.58. The van der Waals surface area contributed by atoms with Crippen molar-refractivity contribution in [1.29, 1.82) is 0 Å². The van der Waals surface area contributed by atoms with Crippen molar-refractivity contribution in [3.05, 3.63) is 21.9 Å². The van der Waals surface area contributed by atoms with E-state index < -0.39 is 0 Å². The van der Waals surface area contributed by atoms with E-state index in [2.05, 4.69) is 5.32 Å². The van der Waals surface area contributed by atoms with Crippen LogP contribution in [-0.2, 0) is 0 Å². The Morgan fingerprint density at radius 3 is 2.86 bits per heavy atom. The van der Waals surface area contributed by atoms with Gasteiger partial charge in [-0.1, -0.05) is 0 Å². The van der Waals surface area contributed by atoms with Crippen LogP contribution >= 0.6 is 22.9 Å². The topological polar surface area (TPSA) is 29.1 Å². The van der Waals surface area contributed by atoms with E-state index in [0.717, 1.165) is 16.2 Å². The van der Waals surface area contributed by atoms with Crippen LogP contribution in [0.15, 0.2) is 12.1 Å². The van der Waals surface area contributed by atoms with Crippen LogP contribution in [0.25, 0.3) is 0 Å². The predicted molar refractivity (Wildman–Crippen MR) is 61.3 cm³/mol. The quantitative estimate of drug-likeness (QED) is 0.794. The van der Waals surface area contributed by atoms with Crippen molar-refractivity contribution in [3.63, 3.8) is 0 Å². The molecular formula is C10H14ClNOS. The van der Waals surface area contributed by atoms with Crippen molar-refractivity contribution < 1.29 is 4.79 Å². The first-order valence-corrected chi connectivity index (χ1v) is 5.83. The van der Waals surface area contributed by atoms with E-state index in [0.29, 0.717) is 6.54 Å². The van der Waals surface area contributed by atoms with Gasteiger partial charge in [0, 0.05) is 16.8 Å². The van der Waals surface area contributed by atoms with Gasteiger partial charge >= 0.3 is 0 Å². The molecule has 0 saturated heterocycles. The van der Waals surface area contributed by atoms with Gasteiger partial charge in [0.05, 0.1) is 4.88 Å². The lowest BCUT2D eigenvalue weighted by Gasteiger charge is -2.04. The molecule has 0 aromatic carbocycles. The second-order valence-electron chi connectivity index (χ2n) is 3.24. The summed E-state index contributed by atoms with van der Waals surface area (Å²) in [5, 5.41) is 2.94. The smallest absolute Gasteiger partial charge is 0.261 e. The first-order chi connectivity index (χ1) is 6.59. The number of hydrogen-bond acceptors (Lipinski definition) is 2. The van der Waals surface area contributed by atoms with Crippen molar-refractivity contribution in [2.75, 3.05) is 6.54 Å². The fourth-order valence-corrected chi connectivity index (χ4v) is 1.92. The number of thiophene rings is 1. The van der Waals surface area contributed by atoms with Gasteiger partial charge in [-0.25, -0.2) is 0 Å². The molecule has 1 rings (SSSR count). The van der Waals surface area contributed by atoms with Crippen molar-refractivity contribution in [3.8, 4) is 0 Å². The van der Waals surface area contributed by atoms with Crippen LogP contribution in [0.3, 0.4) is 0 Å². The lowest BCUT2D eigenvalue weighted by atomic mass is 10.3. The number of alkyl halides is 1. The highest BCUT2D eigenvalue weighted by Gasteiger charge is 2.07. The van der Waals surface area contributed by atoms with Crippen LogP contribution in [0.1, 0.15) is 27.9 Å². The number of carbonyl (C=O) groups is 1. The van der Waals surface area contributed by atoms with Crippen molar-refractivity contribution in [1.82, 2.24) is 5.32 Å². The maximum absolute atomic E-state index is 11.5. The largest absolute Gasteiger partial charge is 0.351 e. The lowest BCUT2D eigenvalue weighted by molar-refractivity contribution is 0.0957. The van der Waals surface area contributed by atoms with Crippen LogP contribution in [0.2, 0.25) is 0 Å². The zero-order valence-corrected chi connectivity index (χ0v) is 9.91. The Labute approximate surface area is 93.3 Å². The SMILES string of the molecule is Cc1ccc(C(=O)NCCC(C)Cl)s1. The van der Waals surface area contributed by atoms with Crippen LogP contribution in [0.5, 0.6) is 0 Å². The zero-order valence-electron chi connectivity index (χ0n) is 8.34. The van der Waals surface area contributed by atoms with Gasteiger partial charge in [0.2, 0.25) is 0 Å². The van der Waals surface area contributed by atoms with Gasteiger partial charge < -0.3 is 5.32 Å². The standard InChI is InChI=1S/C10H14ClNOS/c1-7(11)5-6-12-10(13)9-4-3-8(2)14-9/h3-4,7H,5-6H2,1-2H3,(H,12,13). The number of amides is 1. The van der Waals surface area contributed by atoms with Crippen LogP contribution in [0, 0.1) is 6.92 Å². The van der Waals surface area contributed by atoms with Crippen LogP contribution in [0.4, 0.5) is 0 Å². The molecule has 4 heteroatoms. The first kappa shape index (κ1) is 11.5. The predicted octanol–water partition coefficient (Wildman–Crippen LogP) is 2.80. The van der Waals surface area contributed by atoms with E-state index in [-0.39, 0.29) is 11.3 Å². The normalized spacial score (nSPS) is 12.5. The fraction of sp³-hybridized carbons (Fsp3) is 0.500. The van der Waals surface area contributed by atoms with Gasteiger partial charge in [0.1, 0.15) is 0 Å². The molecule has 0 saturated carbocycles. The molecule has 0 spiro atoms. The second-order valence-corrected chi connectivity index (χ2v) is 5.27. The highest BCUT2D eigenvalue weighted by Crippen LogP contribution is 2.14. The minimum Gasteiger partial charge on any atom is -0.351 e. The fourth-order valence-electron chi connectivity index (χ4n) is 1.03. The molecule has 1 unspecified atom stereocenters.